The van der Waals surface area contributed by atoms with Gasteiger partial charge in [-0.25, -0.2) is 0 Å². The molecule has 0 bridgehead atoms. The van der Waals surface area contributed by atoms with Crippen LogP contribution in [0.2, 0.25) is 0 Å². The second-order valence-corrected chi connectivity index (χ2v) is 7.02. The highest BCUT2D eigenvalue weighted by Crippen LogP contribution is 2.12. The van der Waals surface area contributed by atoms with Crippen molar-refractivity contribution in [1.82, 2.24) is 4.68 Å². The van der Waals surface area contributed by atoms with E-state index in [2.05, 4.69) is 10.2 Å². The monoisotopic (exact) mass is 391 g/mol. The van der Waals surface area contributed by atoms with Gasteiger partial charge < -0.3 is 14.9 Å². The van der Waals surface area contributed by atoms with Crippen LogP contribution in [-0.4, -0.2) is 50.4 Å². The predicted molar refractivity (Wildman–Crippen MR) is 118 cm³/mol. The first-order valence-corrected chi connectivity index (χ1v) is 9.34. The molecule has 1 aromatic heterocycles. The Morgan fingerprint density at radius 2 is 1.38 bits per heavy atom. The second kappa shape index (κ2) is 9.16. The number of anilines is 2. The standard InChI is InChI=1S/C22H27N6O/c1-25(2)20-9-5-18(6-10-20)15-23-27-13-14-28(22(27)17-29)24-16-19-7-11-21(12-8-19)26(3)4/h5-16,29H,17H2,1-4H3/q+1. The van der Waals surface area contributed by atoms with Crippen LogP contribution in [0.25, 0.3) is 0 Å². The molecular weight excluding hydrogens is 364 g/mol. The van der Waals surface area contributed by atoms with Crippen LogP contribution in [0, 0.1) is 0 Å². The third-order valence-electron chi connectivity index (χ3n) is 4.50. The van der Waals surface area contributed by atoms with Crippen molar-refractivity contribution >= 4 is 23.8 Å². The van der Waals surface area contributed by atoms with Crippen molar-refractivity contribution < 1.29 is 9.78 Å². The summed E-state index contributed by atoms with van der Waals surface area (Å²) in [5.41, 5.74) is 4.21. The Bertz CT molecular complexity index is 906. The molecule has 0 spiro atoms. The molecule has 7 heteroatoms. The molecule has 150 valence electrons. The Balaban J connectivity index is 1.75. The van der Waals surface area contributed by atoms with Gasteiger partial charge in [0.15, 0.2) is 12.4 Å². The molecule has 0 saturated heterocycles. The van der Waals surface area contributed by atoms with Crippen molar-refractivity contribution in [2.75, 3.05) is 38.0 Å². The van der Waals surface area contributed by atoms with Crippen LogP contribution in [0.4, 0.5) is 11.4 Å². The van der Waals surface area contributed by atoms with E-state index in [0.717, 1.165) is 22.5 Å². The first-order chi connectivity index (χ1) is 14.0. The van der Waals surface area contributed by atoms with Gasteiger partial charge in [-0.05, 0) is 35.4 Å². The number of aliphatic hydroxyl groups excluding tert-OH is 1. The second-order valence-electron chi connectivity index (χ2n) is 7.02. The summed E-state index contributed by atoms with van der Waals surface area (Å²) in [6.45, 7) is -0.180. The minimum atomic E-state index is -0.180. The molecule has 0 fully saturated rings. The lowest BCUT2D eigenvalue weighted by molar-refractivity contribution is -0.687. The average molecular weight is 391 g/mol. The summed E-state index contributed by atoms with van der Waals surface area (Å²) in [6, 6.07) is 16.2. The molecule has 0 aliphatic heterocycles. The maximum atomic E-state index is 9.78. The topological polar surface area (TPSA) is 60.2 Å². The Morgan fingerprint density at radius 3 is 1.86 bits per heavy atom. The van der Waals surface area contributed by atoms with E-state index in [1.807, 2.05) is 86.5 Å². The number of aromatic nitrogens is 2. The summed E-state index contributed by atoms with van der Waals surface area (Å²) in [5.74, 6) is 0.562. The van der Waals surface area contributed by atoms with Crippen LogP contribution in [0.1, 0.15) is 17.0 Å². The normalized spacial score (nSPS) is 11.5. The Kier molecular flexibility index (Phi) is 6.41. The summed E-state index contributed by atoms with van der Waals surface area (Å²) in [4.78, 5) is 4.09. The number of benzene rings is 2. The number of nitrogens with zero attached hydrogens (tertiary/aromatic N) is 6. The molecule has 29 heavy (non-hydrogen) atoms. The Hall–Kier alpha value is -3.45. The van der Waals surface area contributed by atoms with Gasteiger partial charge in [0, 0.05) is 39.6 Å². The van der Waals surface area contributed by atoms with Crippen molar-refractivity contribution in [3.8, 4) is 0 Å². The fourth-order valence-corrected chi connectivity index (χ4v) is 2.73. The van der Waals surface area contributed by atoms with Gasteiger partial charge in [-0.2, -0.15) is 0 Å². The van der Waals surface area contributed by atoms with Crippen molar-refractivity contribution in [2.45, 2.75) is 6.61 Å². The summed E-state index contributed by atoms with van der Waals surface area (Å²) >= 11 is 0. The highest BCUT2D eigenvalue weighted by Gasteiger charge is 2.15. The van der Waals surface area contributed by atoms with E-state index in [9.17, 15) is 5.11 Å². The largest absolute Gasteiger partial charge is 0.383 e. The third kappa shape index (κ3) is 5.08. The van der Waals surface area contributed by atoms with Crippen molar-refractivity contribution in [2.24, 2.45) is 10.2 Å². The summed E-state index contributed by atoms with van der Waals surface area (Å²) in [6.07, 6.45) is 7.05. The Morgan fingerprint density at radius 1 is 0.862 bits per heavy atom. The molecule has 3 rings (SSSR count). The van der Waals surface area contributed by atoms with Gasteiger partial charge in [0.25, 0.3) is 0 Å². The number of hydrogen-bond acceptors (Lipinski definition) is 5. The van der Waals surface area contributed by atoms with Crippen molar-refractivity contribution in [3.63, 3.8) is 0 Å². The quantitative estimate of drug-likeness (QED) is 0.496. The molecule has 1 heterocycles. The van der Waals surface area contributed by atoms with Gasteiger partial charge in [-0.15, -0.1) is 9.35 Å². The maximum Gasteiger partial charge on any atom is 0.333 e. The molecule has 0 unspecified atom stereocenters. The van der Waals surface area contributed by atoms with E-state index in [4.69, 9.17) is 0 Å². The molecule has 0 aliphatic rings. The zero-order chi connectivity index (χ0) is 20.8. The zero-order valence-corrected chi connectivity index (χ0v) is 17.3. The van der Waals surface area contributed by atoms with Gasteiger partial charge in [-0.1, -0.05) is 34.5 Å². The number of hydrogen-bond donors (Lipinski definition) is 1. The van der Waals surface area contributed by atoms with Crippen molar-refractivity contribution in [1.29, 1.82) is 0 Å². The molecule has 3 aromatic rings. The van der Waals surface area contributed by atoms with Crippen LogP contribution in [0.5, 0.6) is 0 Å². The SMILES string of the molecule is CN(C)c1ccc(C=Nn2cc[n+](N=Cc3ccc(N(C)C)cc3)c2CO)cc1. The maximum absolute atomic E-state index is 9.78. The molecule has 0 radical (unpaired) electrons. The van der Waals surface area contributed by atoms with Crippen molar-refractivity contribution in [3.05, 3.63) is 77.9 Å². The molecule has 0 saturated carbocycles. The van der Waals surface area contributed by atoms with Crippen LogP contribution in [0.15, 0.2) is 71.1 Å². The van der Waals surface area contributed by atoms with Gasteiger partial charge in [-0.3, -0.25) is 0 Å². The number of imidazole rings is 1. The highest BCUT2D eigenvalue weighted by atomic mass is 16.3. The summed E-state index contributed by atoms with van der Waals surface area (Å²) < 4.78 is 3.23. The van der Waals surface area contributed by atoms with Crippen LogP contribution < -0.4 is 14.5 Å². The minimum Gasteiger partial charge on any atom is -0.383 e. The predicted octanol–water partition coefficient (Wildman–Crippen LogP) is 2.16. The summed E-state index contributed by atoms with van der Waals surface area (Å²) in [7, 11) is 8.03. The minimum absolute atomic E-state index is 0.180. The van der Waals surface area contributed by atoms with Gasteiger partial charge >= 0.3 is 5.82 Å². The lowest BCUT2D eigenvalue weighted by atomic mass is 10.2. The smallest absolute Gasteiger partial charge is 0.333 e. The zero-order valence-electron chi connectivity index (χ0n) is 17.3. The number of rotatable bonds is 7. The lowest BCUT2D eigenvalue weighted by Gasteiger charge is -2.11. The van der Waals surface area contributed by atoms with Crippen LogP contribution in [0.3, 0.4) is 0 Å². The third-order valence-corrected chi connectivity index (χ3v) is 4.50. The highest BCUT2D eigenvalue weighted by molar-refractivity contribution is 5.80. The first-order valence-electron chi connectivity index (χ1n) is 9.34. The van der Waals surface area contributed by atoms with Gasteiger partial charge in [0.05, 0.1) is 12.4 Å². The molecule has 0 aliphatic carbocycles. The molecular formula is C22H27N6O+. The van der Waals surface area contributed by atoms with Crippen LogP contribution >= 0.6 is 0 Å². The Labute approximate surface area is 171 Å². The molecule has 1 N–H and O–H groups in total. The number of aliphatic hydroxyl groups is 1. The molecule has 0 amide bonds. The average Bonchev–Trinajstić information content (AvgIpc) is 3.13. The fourth-order valence-electron chi connectivity index (χ4n) is 2.73. The first kappa shape index (κ1) is 20.3. The van der Waals surface area contributed by atoms with Gasteiger partial charge in [0.2, 0.25) is 0 Å². The van der Waals surface area contributed by atoms with Gasteiger partial charge in [0.1, 0.15) is 6.61 Å². The molecule has 7 nitrogen and oxygen atoms in total. The van der Waals surface area contributed by atoms with Crippen LogP contribution in [-0.2, 0) is 6.61 Å². The summed E-state index contributed by atoms with van der Waals surface area (Å²) in [5, 5.41) is 18.7. The van der Waals surface area contributed by atoms with E-state index in [-0.39, 0.29) is 6.61 Å². The van der Waals surface area contributed by atoms with E-state index in [1.165, 1.54) is 0 Å². The lowest BCUT2D eigenvalue weighted by Crippen LogP contribution is -2.31. The van der Waals surface area contributed by atoms with E-state index >= 15 is 0 Å². The van der Waals surface area contributed by atoms with E-state index in [1.54, 1.807) is 34.2 Å². The molecule has 2 aromatic carbocycles. The fraction of sp³-hybridized carbons (Fsp3) is 0.227. The van der Waals surface area contributed by atoms with E-state index in [0.29, 0.717) is 5.82 Å². The van der Waals surface area contributed by atoms with E-state index < -0.39 is 0 Å². The molecule has 0 atom stereocenters.